The van der Waals surface area contributed by atoms with E-state index in [9.17, 15) is 10.2 Å². The zero-order valence-corrected chi connectivity index (χ0v) is 21.1. The standard InChI is InChI=1S/C28H34ClN3O3/c1-3-14-35-26-12-10-25(11-13-26)32-16-20(2)31(17-27(32)21-4-7-23(29)8-5-21)18-28(34)22-6-9-24(19-33)30-15-22/h4-13,15,20,27-28,33-34H,3,14,16-19H2,1-2H3/t20-,27+,28-/m1/s1. The molecule has 1 aromatic heterocycles. The number of anilines is 1. The van der Waals surface area contributed by atoms with Crippen LogP contribution in [0.5, 0.6) is 5.75 Å². The van der Waals surface area contributed by atoms with Crippen molar-refractivity contribution in [3.05, 3.63) is 88.7 Å². The number of hydrogen-bond acceptors (Lipinski definition) is 6. The predicted molar refractivity (Wildman–Crippen MR) is 140 cm³/mol. The van der Waals surface area contributed by atoms with Crippen LogP contribution < -0.4 is 9.64 Å². The quantitative estimate of drug-likeness (QED) is 0.435. The molecule has 0 radical (unpaired) electrons. The van der Waals surface area contributed by atoms with E-state index >= 15 is 0 Å². The second kappa shape index (κ2) is 11.9. The highest BCUT2D eigenvalue weighted by atomic mass is 35.5. The monoisotopic (exact) mass is 495 g/mol. The van der Waals surface area contributed by atoms with Crippen molar-refractivity contribution < 1.29 is 14.9 Å². The van der Waals surface area contributed by atoms with Gasteiger partial charge in [0.05, 0.1) is 31.1 Å². The lowest BCUT2D eigenvalue weighted by molar-refractivity contribution is 0.0738. The third kappa shape index (κ3) is 6.33. The fourth-order valence-electron chi connectivity index (χ4n) is 4.55. The Morgan fingerprint density at radius 2 is 1.80 bits per heavy atom. The molecule has 2 aromatic carbocycles. The zero-order chi connectivity index (χ0) is 24.8. The molecular weight excluding hydrogens is 462 g/mol. The molecule has 0 amide bonds. The molecule has 6 nitrogen and oxygen atoms in total. The highest BCUT2D eigenvalue weighted by Crippen LogP contribution is 2.35. The number of pyridine rings is 1. The highest BCUT2D eigenvalue weighted by molar-refractivity contribution is 6.30. The molecule has 0 spiro atoms. The Morgan fingerprint density at radius 1 is 1.06 bits per heavy atom. The number of rotatable bonds is 9. The molecule has 1 aliphatic rings. The number of halogens is 1. The van der Waals surface area contributed by atoms with Crippen LogP contribution in [0, 0.1) is 0 Å². The van der Waals surface area contributed by atoms with E-state index in [1.54, 1.807) is 12.3 Å². The van der Waals surface area contributed by atoms with E-state index in [-0.39, 0.29) is 18.7 Å². The van der Waals surface area contributed by atoms with Crippen molar-refractivity contribution in [2.45, 2.75) is 45.1 Å². The van der Waals surface area contributed by atoms with Crippen LogP contribution in [0.3, 0.4) is 0 Å². The fourth-order valence-corrected chi connectivity index (χ4v) is 4.67. The topological polar surface area (TPSA) is 69.1 Å². The molecular formula is C28H34ClN3O3. The van der Waals surface area contributed by atoms with Gasteiger partial charge in [0.15, 0.2) is 0 Å². The van der Waals surface area contributed by atoms with E-state index in [1.165, 1.54) is 5.56 Å². The van der Waals surface area contributed by atoms with Gasteiger partial charge in [0.25, 0.3) is 0 Å². The third-order valence-electron chi connectivity index (χ3n) is 6.57. The Balaban J connectivity index is 1.55. The summed E-state index contributed by atoms with van der Waals surface area (Å²) >= 11 is 6.18. The lowest BCUT2D eigenvalue weighted by Crippen LogP contribution is -2.54. The van der Waals surface area contributed by atoms with E-state index in [2.05, 4.69) is 52.9 Å². The maximum Gasteiger partial charge on any atom is 0.119 e. The van der Waals surface area contributed by atoms with Gasteiger partial charge >= 0.3 is 0 Å². The molecule has 0 saturated carbocycles. The molecule has 1 fully saturated rings. The second-order valence-corrected chi connectivity index (χ2v) is 9.56. The average molecular weight is 496 g/mol. The number of aromatic nitrogens is 1. The molecule has 2 N–H and O–H groups in total. The molecule has 0 bridgehead atoms. The van der Waals surface area contributed by atoms with Crippen molar-refractivity contribution in [1.82, 2.24) is 9.88 Å². The first-order valence-electron chi connectivity index (χ1n) is 12.2. The maximum atomic E-state index is 10.9. The summed E-state index contributed by atoms with van der Waals surface area (Å²) in [5.41, 5.74) is 3.67. The predicted octanol–water partition coefficient (Wildman–Crippen LogP) is 5.00. The molecule has 7 heteroatoms. The Morgan fingerprint density at radius 3 is 2.43 bits per heavy atom. The SMILES string of the molecule is CCCOc1ccc(N2C[C@@H](C)N(C[C@@H](O)c3ccc(CO)nc3)C[C@H]2c2ccc(Cl)cc2)cc1. The van der Waals surface area contributed by atoms with Crippen molar-refractivity contribution in [3.63, 3.8) is 0 Å². The summed E-state index contributed by atoms with van der Waals surface area (Å²) < 4.78 is 5.77. The molecule has 0 aliphatic carbocycles. The van der Waals surface area contributed by atoms with Crippen LogP contribution >= 0.6 is 11.6 Å². The lowest BCUT2D eigenvalue weighted by Gasteiger charge is -2.47. The van der Waals surface area contributed by atoms with E-state index in [0.29, 0.717) is 23.9 Å². The van der Waals surface area contributed by atoms with Gasteiger partial charge in [-0.2, -0.15) is 0 Å². The van der Waals surface area contributed by atoms with E-state index in [1.807, 2.05) is 30.3 Å². The number of aliphatic hydroxyl groups is 2. The first-order valence-corrected chi connectivity index (χ1v) is 12.6. The van der Waals surface area contributed by atoms with Crippen LogP contribution in [-0.2, 0) is 6.61 Å². The van der Waals surface area contributed by atoms with Gasteiger partial charge in [0, 0.05) is 48.1 Å². The largest absolute Gasteiger partial charge is 0.494 e. The summed E-state index contributed by atoms with van der Waals surface area (Å²) in [7, 11) is 0. The maximum absolute atomic E-state index is 10.9. The summed E-state index contributed by atoms with van der Waals surface area (Å²) in [4.78, 5) is 8.98. The molecule has 4 rings (SSSR count). The van der Waals surface area contributed by atoms with Gasteiger partial charge in [-0.15, -0.1) is 0 Å². The van der Waals surface area contributed by atoms with Crippen LogP contribution in [-0.4, -0.2) is 52.4 Å². The smallest absolute Gasteiger partial charge is 0.119 e. The highest BCUT2D eigenvalue weighted by Gasteiger charge is 2.34. The number of aliphatic hydroxyl groups excluding tert-OH is 2. The molecule has 0 unspecified atom stereocenters. The van der Waals surface area contributed by atoms with Gasteiger partial charge in [-0.1, -0.05) is 36.7 Å². The van der Waals surface area contributed by atoms with Gasteiger partial charge in [0.1, 0.15) is 5.75 Å². The van der Waals surface area contributed by atoms with Gasteiger partial charge in [-0.3, -0.25) is 9.88 Å². The minimum Gasteiger partial charge on any atom is -0.494 e. The van der Waals surface area contributed by atoms with Crippen LogP contribution in [0.15, 0.2) is 66.9 Å². The molecule has 35 heavy (non-hydrogen) atoms. The van der Waals surface area contributed by atoms with Crippen molar-refractivity contribution in [2.75, 3.05) is 31.1 Å². The van der Waals surface area contributed by atoms with Gasteiger partial charge in [0.2, 0.25) is 0 Å². The Bertz CT molecular complexity index is 1060. The van der Waals surface area contributed by atoms with Crippen molar-refractivity contribution in [3.8, 4) is 5.75 Å². The fraction of sp³-hybridized carbons (Fsp3) is 0.393. The Hall–Kier alpha value is -2.64. The van der Waals surface area contributed by atoms with Crippen molar-refractivity contribution in [2.24, 2.45) is 0 Å². The van der Waals surface area contributed by atoms with Gasteiger partial charge < -0.3 is 19.8 Å². The second-order valence-electron chi connectivity index (χ2n) is 9.12. The third-order valence-corrected chi connectivity index (χ3v) is 6.82. The number of β-amino-alcohol motifs (C(OH)–C–C–N with tert-alkyl or cyclic N) is 1. The number of hydrogen-bond donors (Lipinski definition) is 2. The average Bonchev–Trinajstić information content (AvgIpc) is 2.89. The number of piperazine rings is 1. The van der Waals surface area contributed by atoms with Crippen LogP contribution in [0.4, 0.5) is 5.69 Å². The van der Waals surface area contributed by atoms with Crippen LogP contribution in [0.25, 0.3) is 0 Å². The minimum absolute atomic E-state index is 0.105. The first kappa shape index (κ1) is 25.5. The van der Waals surface area contributed by atoms with E-state index in [0.717, 1.165) is 36.5 Å². The van der Waals surface area contributed by atoms with Crippen molar-refractivity contribution in [1.29, 1.82) is 0 Å². The van der Waals surface area contributed by atoms with Gasteiger partial charge in [-0.25, -0.2) is 0 Å². The Kier molecular flexibility index (Phi) is 8.63. The molecule has 1 saturated heterocycles. The van der Waals surface area contributed by atoms with Crippen LogP contribution in [0.2, 0.25) is 5.02 Å². The summed E-state index contributed by atoms with van der Waals surface area (Å²) in [6.45, 7) is 6.98. The first-order chi connectivity index (χ1) is 17.0. The Labute approximate surface area is 212 Å². The summed E-state index contributed by atoms with van der Waals surface area (Å²) in [6, 6.07) is 20.3. The normalized spacial score (nSPS) is 19.5. The zero-order valence-electron chi connectivity index (χ0n) is 20.3. The van der Waals surface area contributed by atoms with Gasteiger partial charge in [-0.05, 0) is 61.4 Å². The molecule has 1 aliphatic heterocycles. The molecule has 3 aromatic rings. The minimum atomic E-state index is -0.662. The molecule has 186 valence electrons. The van der Waals surface area contributed by atoms with E-state index < -0.39 is 6.10 Å². The molecule has 3 atom stereocenters. The lowest BCUT2D eigenvalue weighted by atomic mass is 9.98. The van der Waals surface area contributed by atoms with E-state index in [4.69, 9.17) is 16.3 Å². The summed E-state index contributed by atoms with van der Waals surface area (Å²) in [6.07, 6.45) is 1.97. The number of nitrogens with zero attached hydrogens (tertiary/aromatic N) is 3. The van der Waals surface area contributed by atoms with Crippen LogP contribution in [0.1, 0.15) is 49.2 Å². The summed E-state index contributed by atoms with van der Waals surface area (Å²) in [5, 5.41) is 20.9. The number of benzene rings is 2. The summed E-state index contributed by atoms with van der Waals surface area (Å²) in [5.74, 6) is 0.884. The van der Waals surface area contributed by atoms with Crippen molar-refractivity contribution >= 4 is 17.3 Å². The molecule has 2 heterocycles. The number of ether oxygens (including phenoxy) is 1.